The number of hydrogen-bond acceptors (Lipinski definition) is 4. The van der Waals surface area contributed by atoms with Crippen molar-refractivity contribution in [2.24, 2.45) is 5.41 Å². The number of rotatable bonds is 1. The third-order valence-corrected chi connectivity index (χ3v) is 4.46. The quantitative estimate of drug-likeness (QED) is 0.742. The van der Waals surface area contributed by atoms with Gasteiger partial charge in [0.15, 0.2) is 5.78 Å². The zero-order chi connectivity index (χ0) is 13.8. The second kappa shape index (κ2) is 4.17. The van der Waals surface area contributed by atoms with Crippen molar-refractivity contribution in [3.8, 4) is 0 Å². The number of nitrogens with zero attached hydrogens (tertiary/aromatic N) is 3. The highest BCUT2D eigenvalue weighted by atomic mass is 35.5. The van der Waals surface area contributed by atoms with Crippen LogP contribution < -0.4 is 4.90 Å². The molecule has 0 unspecified atom stereocenters. The molecule has 1 aromatic rings. The first kappa shape index (κ1) is 12.9. The monoisotopic (exact) mass is 279 g/mol. The van der Waals surface area contributed by atoms with Crippen LogP contribution >= 0.6 is 11.6 Å². The highest BCUT2D eigenvalue weighted by Gasteiger charge is 2.45. The van der Waals surface area contributed by atoms with E-state index in [0.29, 0.717) is 17.9 Å². The number of Topliss-reactive ketones (excluding diaryl/α,β-unsaturated/α-hetero) is 1. The fourth-order valence-corrected chi connectivity index (χ4v) is 3.43. The summed E-state index contributed by atoms with van der Waals surface area (Å²) in [6, 6.07) is 0.276. The molecule has 5 heteroatoms. The van der Waals surface area contributed by atoms with Crippen LogP contribution in [0.5, 0.6) is 0 Å². The first-order valence-corrected chi connectivity index (χ1v) is 7.08. The number of aromatic nitrogens is 2. The van der Waals surface area contributed by atoms with Crippen LogP contribution in [0, 0.1) is 5.41 Å². The van der Waals surface area contributed by atoms with E-state index in [1.165, 1.54) is 0 Å². The van der Waals surface area contributed by atoms with Crippen molar-refractivity contribution in [3.63, 3.8) is 0 Å². The normalized spacial score (nSPS) is 26.0. The van der Waals surface area contributed by atoms with Crippen molar-refractivity contribution >= 4 is 23.2 Å². The summed E-state index contributed by atoms with van der Waals surface area (Å²) in [7, 11) is 0. The van der Waals surface area contributed by atoms with E-state index in [1.54, 1.807) is 6.20 Å². The predicted molar refractivity (Wildman–Crippen MR) is 74.5 cm³/mol. The number of carbonyl (C=O) groups excluding carboxylic acids is 1. The molecule has 0 radical (unpaired) electrons. The molecule has 0 amide bonds. The topological polar surface area (TPSA) is 46.1 Å². The molecule has 0 saturated heterocycles. The smallest absolute Gasteiger partial charge is 0.224 e. The second-order valence-corrected chi connectivity index (χ2v) is 6.78. The molecule has 19 heavy (non-hydrogen) atoms. The van der Waals surface area contributed by atoms with Crippen LogP contribution in [0.25, 0.3) is 0 Å². The van der Waals surface area contributed by atoms with Crippen molar-refractivity contribution in [1.82, 2.24) is 9.97 Å². The van der Waals surface area contributed by atoms with Gasteiger partial charge in [-0.05, 0) is 36.8 Å². The molecule has 0 spiro atoms. The van der Waals surface area contributed by atoms with Gasteiger partial charge in [-0.15, -0.1) is 0 Å². The Bertz CT molecular complexity index is 535. The molecular weight excluding hydrogens is 262 g/mol. The van der Waals surface area contributed by atoms with Gasteiger partial charge in [-0.25, -0.2) is 9.97 Å². The largest absolute Gasteiger partial charge is 0.343 e. The maximum Gasteiger partial charge on any atom is 0.224 e. The average Bonchev–Trinajstić information content (AvgIpc) is 2.29. The van der Waals surface area contributed by atoms with E-state index < -0.39 is 0 Å². The molecule has 2 heterocycles. The maximum absolute atomic E-state index is 12.1. The van der Waals surface area contributed by atoms with Gasteiger partial charge in [0, 0.05) is 24.2 Å². The maximum atomic E-state index is 12.1. The third-order valence-electron chi connectivity index (χ3n) is 4.27. The minimum Gasteiger partial charge on any atom is -0.343 e. The molecular formula is C14H18ClN3O. The molecule has 0 aromatic carbocycles. The van der Waals surface area contributed by atoms with Crippen LogP contribution in [0.1, 0.15) is 39.2 Å². The first-order valence-electron chi connectivity index (χ1n) is 6.70. The Morgan fingerprint density at radius 1 is 1.42 bits per heavy atom. The average molecular weight is 280 g/mol. The molecule has 1 aliphatic carbocycles. The van der Waals surface area contributed by atoms with Gasteiger partial charge in [0.2, 0.25) is 5.28 Å². The summed E-state index contributed by atoms with van der Waals surface area (Å²) in [6.07, 6.45) is 4.28. The van der Waals surface area contributed by atoms with Gasteiger partial charge in [-0.2, -0.15) is 0 Å². The summed E-state index contributed by atoms with van der Waals surface area (Å²) in [5.41, 5.74) is 1.26. The van der Waals surface area contributed by atoms with Crippen LogP contribution in [-0.4, -0.2) is 27.8 Å². The Labute approximate surface area is 118 Å². The van der Waals surface area contributed by atoms with Crippen LogP contribution in [0.3, 0.4) is 0 Å². The fourth-order valence-electron chi connectivity index (χ4n) is 3.30. The van der Waals surface area contributed by atoms with E-state index in [0.717, 1.165) is 24.2 Å². The standard InChI is InChI=1S/C14H18ClN3O/c1-8-11(19)4-9-7-16-13(15)17-12(9)18(8)10-5-14(2,3)6-10/h7-8,10H,4-6H2,1-3H3/t8-/m1/s1. The number of fused-ring (bicyclic) bond motifs is 1. The fraction of sp³-hybridized carbons (Fsp3) is 0.643. The number of hydrogen-bond donors (Lipinski definition) is 0. The number of anilines is 1. The predicted octanol–water partition coefficient (Wildman–Crippen LogP) is 2.64. The van der Waals surface area contributed by atoms with Gasteiger partial charge in [-0.1, -0.05) is 13.8 Å². The van der Waals surface area contributed by atoms with E-state index in [4.69, 9.17) is 11.6 Å². The lowest BCUT2D eigenvalue weighted by Crippen LogP contribution is -2.56. The number of carbonyl (C=O) groups is 1. The van der Waals surface area contributed by atoms with E-state index in [1.807, 2.05) is 6.92 Å². The zero-order valence-electron chi connectivity index (χ0n) is 11.5. The van der Waals surface area contributed by atoms with Crippen molar-refractivity contribution in [3.05, 3.63) is 17.0 Å². The second-order valence-electron chi connectivity index (χ2n) is 6.44. The Kier molecular flexibility index (Phi) is 2.82. The van der Waals surface area contributed by atoms with Gasteiger partial charge in [0.05, 0.1) is 6.04 Å². The minimum atomic E-state index is -0.112. The van der Waals surface area contributed by atoms with Gasteiger partial charge in [0.1, 0.15) is 5.82 Å². The Morgan fingerprint density at radius 2 is 2.11 bits per heavy atom. The third kappa shape index (κ3) is 2.12. The Balaban J connectivity index is 1.98. The van der Waals surface area contributed by atoms with Gasteiger partial charge in [-0.3, -0.25) is 4.79 Å². The molecule has 1 saturated carbocycles. The van der Waals surface area contributed by atoms with Crippen molar-refractivity contribution < 1.29 is 4.79 Å². The van der Waals surface area contributed by atoms with Crippen molar-refractivity contribution in [2.45, 2.75) is 52.1 Å². The lowest BCUT2D eigenvalue weighted by Gasteiger charge is -2.51. The highest BCUT2D eigenvalue weighted by molar-refractivity contribution is 6.28. The molecule has 1 atom stereocenters. The summed E-state index contributed by atoms with van der Waals surface area (Å²) in [6.45, 7) is 6.48. The minimum absolute atomic E-state index is 0.112. The van der Waals surface area contributed by atoms with E-state index in [-0.39, 0.29) is 17.1 Å². The van der Waals surface area contributed by atoms with Crippen molar-refractivity contribution in [1.29, 1.82) is 0 Å². The summed E-state index contributed by atoms with van der Waals surface area (Å²) in [4.78, 5) is 22.6. The molecule has 1 aliphatic heterocycles. The number of ketones is 1. The highest BCUT2D eigenvalue weighted by Crippen LogP contribution is 2.46. The lowest BCUT2D eigenvalue weighted by molar-refractivity contribution is -0.120. The summed E-state index contributed by atoms with van der Waals surface area (Å²) < 4.78 is 0. The molecule has 0 N–H and O–H groups in total. The Hall–Kier alpha value is -1.16. The molecule has 1 aromatic heterocycles. The van der Waals surface area contributed by atoms with Crippen LogP contribution in [-0.2, 0) is 11.2 Å². The van der Waals surface area contributed by atoms with E-state index in [9.17, 15) is 4.79 Å². The van der Waals surface area contributed by atoms with E-state index >= 15 is 0 Å². The van der Waals surface area contributed by atoms with Gasteiger partial charge in [0.25, 0.3) is 0 Å². The molecule has 4 nitrogen and oxygen atoms in total. The van der Waals surface area contributed by atoms with E-state index in [2.05, 4.69) is 28.7 Å². The van der Waals surface area contributed by atoms with Gasteiger partial charge >= 0.3 is 0 Å². The molecule has 2 aliphatic rings. The first-order chi connectivity index (χ1) is 8.87. The molecule has 1 fully saturated rings. The summed E-state index contributed by atoms with van der Waals surface area (Å²) >= 11 is 5.91. The van der Waals surface area contributed by atoms with Crippen molar-refractivity contribution in [2.75, 3.05) is 4.90 Å². The van der Waals surface area contributed by atoms with Crippen LogP contribution in [0.15, 0.2) is 6.20 Å². The summed E-state index contributed by atoms with van der Waals surface area (Å²) in [5, 5.41) is 0.254. The summed E-state index contributed by atoms with van der Waals surface area (Å²) in [5.74, 6) is 1.09. The van der Waals surface area contributed by atoms with Crippen LogP contribution in [0.2, 0.25) is 5.28 Å². The zero-order valence-corrected chi connectivity index (χ0v) is 12.2. The lowest BCUT2D eigenvalue weighted by atomic mass is 9.67. The number of halogens is 1. The Morgan fingerprint density at radius 3 is 2.74 bits per heavy atom. The van der Waals surface area contributed by atoms with Gasteiger partial charge < -0.3 is 4.90 Å². The molecule has 0 bridgehead atoms. The molecule has 102 valence electrons. The SMILES string of the molecule is C[C@@H]1C(=O)Cc2cnc(Cl)nc2N1C1CC(C)(C)C1. The molecule has 3 rings (SSSR count). The van der Waals surface area contributed by atoms with Crippen LogP contribution in [0.4, 0.5) is 5.82 Å².